The Morgan fingerprint density at radius 1 is 1.45 bits per heavy atom. The van der Waals surface area contributed by atoms with E-state index in [9.17, 15) is 15.0 Å². The van der Waals surface area contributed by atoms with E-state index in [0.717, 1.165) is 19.3 Å². The van der Waals surface area contributed by atoms with E-state index in [2.05, 4.69) is 20.4 Å². The molecule has 3 nitrogen and oxygen atoms in total. The number of allylic oxidation sites excluding steroid dienone is 1. The third-order valence-corrected chi connectivity index (χ3v) is 5.52. The molecule has 0 aromatic heterocycles. The van der Waals surface area contributed by atoms with Gasteiger partial charge in [0.1, 0.15) is 0 Å². The predicted octanol–water partition coefficient (Wildman–Crippen LogP) is 3.26. The average Bonchev–Trinajstić information content (AvgIpc) is 2.93. The third kappa shape index (κ3) is 3.69. The van der Waals surface area contributed by atoms with E-state index in [1.165, 1.54) is 0 Å². The molecule has 22 heavy (non-hydrogen) atoms. The maximum Gasteiger partial charge on any atom is 0.161 e. The number of ketones is 1. The fourth-order valence-corrected chi connectivity index (χ4v) is 3.97. The van der Waals surface area contributed by atoms with Gasteiger partial charge in [0, 0.05) is 11.8 Å². The minimum atomic E-state index is -0.432. The molecule has 2 unspecified atom stereocenters. The highest BCUT2D eigenvalue weighted by Crippen LogP contribution is 2.48. The van der Waals surface area contributed by atoms with E-state index in [4.69, 9.17) is 0 Å². The summed E-state index contributed by atoms with van der Waals surface area (Å²) in [7, 11) is 0. The van der Waals surface area contributed by atoms with Crippen molar-refractivity contribution in [1.29, 1.82) is 0 Å². The van der Waals surface area contributed by atoms with E-state index >= 15 is 0 Å². The summed E-state index contributed by atoms with van der Waals surface area (Å²) < 4.78 is 0. The molecule has 6 atom stereocenters. The molecule has 2 rings (SSSR count). The van der Waals surface area contributed by atoms with E-state index in [1.807, 2.05) is 12.2 Å². The molecular weight excluding hydrogens is 276 g/mol. The zero-order chi connectivity index (χ0) is 16.3. The molecule has 0 aliphatic heterocycles. The normalized spacial score (nSPS) is 34.4. The summed E-state index contributed by atoms with van der Waals surface area (Å²) in [6.45, 7) is 8.09. The van der Waals surface area contributed by atoms with E-state index in [1.54, 1.807) is 0 Å². The van der Waals surface area contributed by atoms with Gasteiger partial charge in [-0.05, 0) is 43.1 Å². The van der Waals surface area contributed by atoms with Gasteiger partial charge in [0.25, 0.3) is 0 Å². The van der Waals surface area contributed by atoms with Crippen LogP contribution in [0.25, 0.3) is 0 Å². The lowest BCUT2D eigenvalue weighted by atomic mass is 9.89. The van der Waals surface area contributed by atoms with Crippen LogP contribution < -0.4 is 0 Å². The molecule has 2 N–H and O–H groups in total. The van der Waals surface area contributed by atoms with Crippen LogP contribution >= 0.6 is 0 Å². The van der Waals surface area contributed by atoms with Gasteiger partial charge < -0.3 is 10.2 Å². The number of rotatable bonds is 7. The van der Waals surface area contributed by atoms with Gasteiger partial charge in [-0.25, -0.2) is 0 Å². The lowest BCUT2D eigenvalue weighted by molar-refractivity contribution is -0.118. The van der Waals surface area contributed by atoms with E-state index in [0.29, 0.717) is 30.8 Å². The molecule has 0 saturated heterocycles. The van der Waals surface area contributed by atoms with Crippen molar-refractivity contribution in [3.05, 3.63) is 24.3 Å². The summed E-state index contributed by atoms with van der Waals surface area (Å²) >= 11 is 0. The summed E-state index contributed by atoms with van der Waals surface area (Å²) in [5.74, 6) is 0.657. The average molecular weight is 306 g/mol. The zero-order valence-corrected chi connectivity index (χ0v) is 13.9. The molecule has 2 aliphatic carbocycles. The van der Waals surface area contributed by atoms with Crippen LogP contribution in [-0.4, -0.2) is 28.2 Å². The van der Waals surface area contributed by atoms with Gasteiger partial charge in [-0.3, -0.25) is 4.79 Å². The van der Waals surface area contributed by atoms with Crippen molar-refractivity contribution in [3.63, 3.8) is 0 Å². The molecular formula is C19H30O3. The second-order valence-electron chi connectivity index (χ2n) is 7.17. The number of carbonyl (C=O) groups excluding carboxylic acids is 1. The largest absolute Gasteiger partial charge is 0.393 e. The maximum atomic E-state index is 12.0. The molecule has 0 aromatic rings. The standard InChI is InChI=1S/C19H30O3/c1-4-5-7-12(2)17(20)9-6-8-14-15-10-13(3)19(22)16(15)11-18(14)21/h6,8,12,14-18,20-21H,3-5,7,9-11H2,1-2H3/b8-6+/t12?,14-,15-,16-,17?,18+/m0/s1. The van der Waals surface area contributed by atoms with Crippen LogP contribution in [0.1, 0.15) is 52.4 Å². The number of aliphatic hydroxyl groups is 2. The number of hydrogen-bond donors (Lipinski definition) is 2. The Labute approximate surface area is 134 Å². The third-order valence-electron chi connectivity index (χ3n) is 5.52. The Hall–Kier alpha value is -0.930. The quantitative estimate of drug-likeness (QED) is 0.560. The van der Waals surface area contributed by atoms with Crippen molar-refractivity contribution in [1.82, 2.24) is 0 Å². The van der Waals surface area contributed by atoms with E-state index in [-0.39, 0.29) is 29.6 Å². The Bertz CT molecular complexity index is 440. The van der Waals surface area contributed by atoms with Gasteiger partial charge in [0.05, 0.1) is 12.2 Å². The monoisotopic (exact) mass is 306 g/mol. The van der Waals surface area contributed by atoms with Crippen LogP contribution in [0.3, 0.4) is 0 Å². The highest BCUT2D eigenvalue weighted by molar-refractivity contribution is 5.99. The molecule has 2 aliphatic rings. The molecule has 0 spiro atoms. The Morgan fingerprint density at radius 2 is 2.18 bits per heavy atom. The smallest absolute Gasteiger partial charge is 0.161 e. The molecule has 0 bridgehead atoms. The van der Waals surface area contributed by atoms with E-state index < -0.39 is 6.10 Å². The molecule has 0 radical (unpaired) electrons. The van der Waals surface area contributed by atoms with Crippen molar-refractivity contribution < 1.29 is 15.0 Å². The summed E-state index contributed by atoms with van der Waals surface area (Å²) in [4.78, 5) is 12.0. The summed E-state index contributed by atoms with van der Waals surface area (Å²) in [5.41, 5.74) is 0.716. The maximum absolute atomic E-state index is 12.0. The van der Waals surface area contributed by atoms with Gasteiger partial charge in [-0.15, -0.1) is 0 Å². The SMILES string of the molecule is C=C1C[C@H]2[C@H](/C=C/CC(O)C(C)CCCC)[C@H](O)C[C@@H]2C1=O. The number of Topliss-reactive ketones (excluding diaryl/α,β-unsaturated/α-hetero) is 1. The number of carbonyl (C=O) groups is 1. The van der Waals surface area contributed by atoms with Crippen LogP contribution in [0.2, 0.25) is 0 Å². The number of aliphatic hydroxyl groups excluding tert-OH is 2. The first-order chi connectivity index (χ1) is 10.5. The van der Waals surface area contributed by atoms with Gasteiger partial charge in [-0.2, -0.15) is 0 Å². The summed E-state index contributed by atoms with van der Waals surface area (Å²) in [6.07, 6.45) is 8.52. The fourth-order valence-electron chi connectivity index (χ4n) is 3.97. The predicted molar refractivity (Wildman–Crippen MR) is 88.3 cm³/mol. The number of fused-ring (bicyclic) bond motifs is 1. The van der Waals surface area contributed by atoms with Crippen LogP contribution in [0, 0.1) is 23.7 Å². The number of hydrogen-bond acceptors (Lipinski definition) is 3. The lowest BCUT2D eigenvalue weighted by Gasteiger charge is -2.19. The van der Waals surface area contributed by atoms with Gasteiger partial charge in [0.15, 0.2) is 5.78 Å². The van der Waals surface area contributed by atoms with Crippen LogP contribution in [0.4, 0.5) is 0 Å². The fraction of sp³-hybridized carbons (Fsp3) is 0.737. The molecule has 0 amide bonds. The topological polar surface area (TPSA) is 57.5 Å². The highest BCUT2D eigenvalue weighted by Gasteiger charge is 2.49. The van der Waals surface area contributed by atoms with Crippen molar-refractivity contribution in [3.8, 4) is 0 Å². The van der Waals surface area contributed by atoms with Gasteiger partial charge in [0.2, 0.25) is 0 Å². The van der Waals surface area contributed by atoms with Crippen molar-refractivity contribution in [2.75, 3.05) is 0 Å². The molecule has 124 valence electrons. The Balaban J connectivity index is 1.87. The van der Waals surface area contributed by atoms with Crippen LogP contribution in [0.15, 0.2) is 24.3 Å². The van der Waals surface area contributed by atoms with Crippen molar-refractivity contribution >= 4 is 5.78 Å². The first-order valence-electron chi connectivity index (χ1n) is 8.70. The molecule has 2 saturated carbocycles. The first-order valence-corrected chi connectivity index (χ1v) is 8.70. The zero-order valence-electron chi connectivity index (χ0n) is 13.9. The first kappa shape index (κ1) is 17.4. The Morgan fingerprint density at radius 3 is 2.86 bits per heavy atom. The van der Waals surface area contributed by atoms with Crippen molar-refractivity contribution in [2.24, 2.45) is 23.7 Å². The number of unbranched alkanes of at least 4 members (excludes halogenated alkanes) is 1. The Kier molecular flexibility index (Phi) is 5.99. The second kappa shape index (κ2) is 7.56. The minimum absolute atomic E-state index is 0.0337. The molecule has 0 aromatic carbocycles. The van der Waals surface area contributed by atoms with Gasteiger partial charge in [-0.1, -0.05) is 45.4 Å². The molecule has 3 heteroatoms. The van der Waals surface area contributed by atoms with Crippen molar-refractivity contribution in [2.45, 2.75) is 64.6 Å². The summed E-state index contributed by atoms with van der Waals surface area (Å²) in [5, 5.41) is 20.4. The summed E-state index contributed by atoms with van der Waals surface area (Å²) in [6, 6.07) is 0. The van der Waals surface area contributed by atoms with Gasteiger partial charge >= 0.3 is 0 Å². The second-order valence-corrected chi connectivity index (χ2v) is 7.17. The van der Waals surface area contributed by atoms with Crippen LogP contribution in [-0.2, 0) is 4.79 Å². The van der Waals surface area contributed by atoms with Crippen LogP contribution in [0.5, 0.6) is 0 Å². The highest BCUT2D eigenvalue weighted by atomic mass is 16.3. The molecule has 2 fully saturated rings. The minimum Gasteiger partial charge on any atom is -0.393 e. The molecule has 0 heterocycles. The lowest BCUT2D eigenvalue weighted by Crippen LogP contribution is -2.18.